The standard InChI is InChI=1S/C32H25FN2O5S/c1-4-17-40-24-16-11-20(18-25(24)38-3)19-26-30(36)35-29(22-12-14-23(33)15-13-22)27(31(37)39-5-2)28(34-32(35)41-26)21-9-7-6-8-10-21/h1,6-16,18-19,29H,5,17H2,2-3H3/b26-19-/t29-/m0/s1. The van der Waals surface area contributed by atoms with E-state index >= 15 is 0 Å². The fourth-order valence-corrected chi connectivity index (χ4v) is 5.57. The summed E-state index contributed by atoms with van der Waals surface area (Å²) in [4.78, 5) is 32.6. The first-order chi connectivity index (χ1) is 19.9. The number of terminal acetylenes is 1. The van der Waals surface area contributed by atoms with Crippen LogP contribution in [0, 0.1) is 18.2 Å². The summed E-state index contributed by atoms with van der Waals surface area (Å²) in [5.74, 6) is 2.31. The first kappa shape index (κ1) is 27.6. The van der Waals surface area contributed by atoms with E-state index in [0.29, 0.717) is 43.2 Å². The Labute approximate surface area is 239 Å². The van der Waals surface area contributed by atoms with Crippen LogP contribution in [0.1, 0.15) is 29.7 Å². The number of esters is 1. The predicted molar refractivity (Wildman–Crippen MR) is 155 cm³/mol. The number of thiazole rings is 1. The highest BCUT2D eigenvalue weighted by molar-refractivity contribution is 7.07. The zero-order valence-electron chi connectivity index (χ0n) is 22.3. The molecular formula is C32H25FN2O5S. The second-order valence-corrected chi connectivity index (χ2v) is 9.90. The average Bonchev–Trinajstić information content (AvgIpc) is 3.30. The molecule has 1 aliphatic heterocycles. The minimum absolute atomic E-state index is 0.0875. The molecule has 1 aromatic heterocycles. The van der Waals surface area contributed by atoms with Gasteiger partial charge in [-0.25, -0.2) is 14.2 Å². The number of aromatic nitrogens is 1. The summed E-state index contributed by atoms with van der Waals surface area (Å²) >= 11 is 1.18. The number of benzene rings is 3. The van der Waals surface area contributed by atoms with Gasteiger partial charge in [-0.15, -0.1) is 6.42 Å². The molecule has 0 N–H and O–H groups in total. The molecule has 4 aromatic rings. The van der Waals surface area contributed by atoms with Gasteiger partial charge < -0.3 is 14.2 Å². The molecule has 0 radical (unpaired) electrons. The van der Waals surface area contributed by atoms with Gasteiger partial charge in [-0.3, -0.25) is 9.36 Å². The van der Waals surface area contributed by atoms with Gasteiger partial charge in [0.05, 0.1) is 35.6 Å². The van der Waals surface area contributed by atoms with Gasteiger partial charge in [0.1, 0.15) is 12.4 Å². The molecule has 0 unspecified atom stereocenters. The molecular weight excluding hydrogens is 543 g/mol. The molecule has 0 aliphatic carbocycles. The lowest BCUT2D eigenvalue weighted by Gasteiger charge is -2.25. The molecule has 9 heteroatoms. The summed E-state index contributed by atoms with van der Waals surface area (Å²) in [5.41, 5.74) is 2.15. The quantitative estimate of drug-likeness (QED) is 0.236. The van der Waals surface area contributed by atoms with Gasteiger partial charge in [-0.2, -0.15) is 0 Å². The van der Waals surface area contributed by atoms with Crippen molar-refractivity contribution in [3.8, 4) is 23.8 Å². The highest BCUT2D eigenvalue weighted by Gasteiger charge is 2.35. The molecule has 41 heavy (non-hydrogen) atoms. The molecule has 0 saturated carbocycles. The predicted octanol–water partition coefficient (Wildman–Crippen LogP) is 4.10. The molecule has 5 rings (SSSR count). The molecule has 0 amide bonds. The molecule has 2 heterocycles. The number of halogens is 1. The van der Waals surface area contributed by atoms with Crippen molar-refractivity contribution in [2.75, 3.05) is 20.3 Å². The zero-order chi connectivity index (χ0) is 28.9. The van der Waals surface area contributed by atoms with Crippen molar-refractivity contribution >= 4 is 29.1 Å². The van der Waals surface area contributed by atoms with Crippen LogP contribution in [0.25, 0.3) is 11.8 Å². The van der Waals surface area contributed by atoms with Crippen molar-refractivity contribution in [3.05, 3.63) is 121 Å². The Hall–Kier alpha value is -4.94. The van der Waals surface area contributed by atoms with Crippen LogP contribution in [0.5, 0.6) is 11.5 Å². The third-order valence-corrected chi connectivity index (χ3v) is 7.34. The molecule has 0 spiro atoms. The minimum Gasteiger partial charge on any atom is -0.493 e. The third kappa shape index (κ3) is 5.55. The lowest BCUT2D eigenvalue weighted by atomic mass is 9.93. The van der Waals surface area contributed by atoms with E-state index < -0.39 is 17.8 Å². The lowest BCUT2D eigenvalue weighted by molar-refractivity contribution is -0.138. The molecule has 7 nitrogen and oxygen atoms in total. The Morgan fingerprint density at radius 2 is 1.88 bits per heavy atom. The highest BCUT2D eigenvalue weighted by atomic mass is 32.1. The number of carbonyl (C=O) groups excluding carboxylic acids is 1. The Morgan fingerprint density at radius 3 is 2.56 bits per heavy atom. The van der Waals surface area contributed by atoms with Crippen molar-refractivity contribution in [2.45, 2.75) is 13.0 Å². The van der Waals surface area contributed by atoms with Crippen LogP contribution in [-0.2, 0) is 9.53 Å². The van der Waals surface area contributed by atoms with E-state index in [2.05, 4.69) is 5.92 Å². The number of rotatable bonds is 8. The first-order valence-corrected chi connectivity index (χ1v) is 13.5. The van der Waals surface area contributed by atoms with Crippen LogP contribution >= 0.6 is 11.3 Å². The second-order valence-electron chi connectivity index (χ2n) is 8.89. The second kappa shape index (κ2) is 12.1. The third-order valence-electron chi connectivity index (χ3n) is 6.36. The van der Waals surface area contributed by atoms with Gasteiger partial charge in [0.15, 0.2) is 16.3 Å². The average molecular weight is 569 g/mol. The number of fused-ring (bicyclic) bond motifs is 1. The van der Waals surface area contributed by atoms with E-state index in [4.69, 9.17) is 25.6 Å². The Balaban J connectivity index is 1.75. The number of nitrogens with zero attached hydrogens (tertiary/aromatic N) is 2. The normalized spacial score (nSPS) is 14.6. The van der Waals surface area contributed by atoms with E-state index in [1.165, 1.54) is 35.1 Å². The Morgan fingerprint density at radius 1 is 1.12 bits per heavy atom. The smallest absolute Gasteiger partial charge is 0.338 e. The number of ether oxygens (including phenoxy) is 3. The van der Waals surface area contributed by atoms with Gasteiger partial charge in [0.25, 0.3) is 5.56 Å². The fraction of sp³-hybridized carbons (Fsp3) is 0.156. The summed E-state index contributed by atoms with van der Waals surface area (Å²) in [6.07, 6.45) is 7.02. The van der Waals surface area contributed by atoms with Gasteiger partial charge in [-0.1, -0.05) is 65.8 Å². The Bertz CT molecular complexity index is 1850. The SMILES string of the molecule is C#CCOc1ccc(/C=c2\sc3n(c2=O)[C@@H](c2ccc(F)cc2)C(C(=O)OCC)=C(c2ccccc2)N=3)cc1OC. The van der Waals surface area contributed by atoms with Crippen molar-refractivity contribution < 1.29 is 23.4 Å². The maximum absolute atomic E-state index is 14.0. The zero-order valence-corrected chi connectivity index (χ0v) is 23.1. The highest BCUT2D eigenvalue weighted by Crippen LogP contribution is 2.35. The van der Waals surface area contributed by atoms with E-state index in [1.807, 2.05) is 30.3 Å². The van der Waals surface area contributed by atoms with Gasteiger partial charge in [-0.05, 0) is 48.4 Å². The van der Waals surface area contributed by atoms with Gasteiger partial charge >= 0.3 is 5.97 Å². The topological polar surface area (TPSA) is 79.1 Å². The summed E-state index contributed by atoms with van der Waals surface area (Å²) in [5, 5.41) is 0. The van der Waals surface area contributed by atoms with E-state index in [0.717, 1.165) is 0 Å². The fourth-order valence-electron chi connectivity index (χ4n) is 4.56. The largest absolute Gasteiger partial charge is 0.493 e. The van der Waals surface area contributed by atoms with Crippen LogP contribution in [-0.4, -0.2) is 30.9 Å². The summed E-state index contributed by atoms with van der Waals surface area (Å²) in [6.45, 7) is 1.93. The molecule has 3 aromatic carbocycles. The van der Waals surface area contributed by atoms with Crippen molar-refractivity contribution in [1.29, 1.82) is 0 Å². The monoisotopic (exact) mass is 568 g/mol. The molecule has 1 aliphatic rings. The maximum atomic E-state index is 14.0. The molecule has 0 saturated heterocycles. The van der Waals surface area contributed by atoms with Crippen molar-refractivity contribution in [3.63, 3.8) is 0 Å². The first-order valence-electron chi connectivity index (χ1n) is 12.7. The van der Waals surface area contributed by atoms with Crippen molar-refractivity contribution in [1.82, 2.24) is 4.57 Å². The van der Waals surface area contributed by atoms with E-state index in [-0.39, 0.29) is 24.3 Å². The molecule has 1 atom stereocenters. The van der Waals surface area contributed by atoms with Crippen LogP contribution in [0.4, 0.5) is 4.39 Å². The molecule has 206 valence electrons. The number of carbonyl (C=O) groups is 1. The lowest BCUT2D eigenvalue weighted by Crippen LogP contribution is -2.40. The van der Waals surface area contributed by atoms with Gasteiger partial charge in [0.2, 0.25) is 0 Å². The maximum Gasteiger partial charge on any atom is 0.338 e. The van der Waals surface area contributed by atoms with Crippen LogP contribution in [0.3, 0.4) is 0 Å². The molecule has 0 bridgehead atoms. The van der Waals surface area contributed by atoms with E-state index in [1.54, 1.807) is 43.3 Å². The summed E-state index contributed by atoms with van der Waals surface area (Å²) in [6, 6.07) is 19.3. The van der Waals surface area contributed by atoms with Gasteiger partial charge in [0, 0.05) is 5.56 Å². The summed E-state index contributed by atoms with van der Waals surface area (Å²) < 4.78 is 32.2. The van der Waals surface area contributed by atoms with Crippen LogP contribution in [0.2, 0.25) is 0 Å². The number of hydrogen-bond acceptors (Lipinski definition) is 7. The van der Waals surface area contributed by atoms with E-state index in [9.17, 15) is 14.0 Å². The van der Waals surface area contributed by atoms with Crippen LogP contribution < -0.4 is 24.4 Å². The molecule has 0 fully saturated rings. The van der Waals surface area contributed by atoms with Crippen LogP contribution in [0.15, 0.2) is 88.2 Å². The summed E-state index contributed by atoms with van der Waals surface area (Å²) in [7, 11) is 1.51. The number of methoxy groups -OCH3 is 1. The number of hydrogen-bond donors (Lipinski definition) is 0. The Kier molecular flexibility index (Phi) is 8.13. The minimum atomic E-state index is -0.891. The van der Waals surface area contributed by atoms with Crippen molar-refractivity contribution in [2.24, 2.45) is 4.99 Å².